The third kappa shape index (κ3) is 3.04. The molecule has 1 aromatic rings. The molecule has 0 spiro atoms. The van der Waals surface area contributed by atoms with Crippen molar-refractivity contribution in [3.8, 4) is 0 Å². The summed E-state index contributed by atoms with van der Waals surface area (Å²) in [4.78, 5) is 0. The Kier molecular flexibility index (Phi) is 4.37. The fraction of sp³-hybridized carbons (Fsp3) is 0.647. The first-order valence-corrected chi connectivity index (χ1v) is 7.86. The normalized spacial score (nSPS) is 33.1. The lowest BCUT2D eigenvalue weighted by atomic mass is 9.75. The zero-order valence-electron chi connectivity index (χ0n) is 11.9. The van der Waals surface area contributed by atoms with Crippen LogP contribution < -0.4 is 5.32 Å². The van der Waals surface area contributed by atoms with Gasteiger partial charge >= 0.3 is 0 Å². The van der Waals surface area contributed by atoms with Crippen molar-refractivity contribution in [3.63, 3.8) is 0 Å². The van der Waals surface area contributed by atoms with Gasteiger partial charge in [0.05, 0.1) is 0 Å². The van der Waals surface area contributed by atoms with E-state index in [1.54, 1.807) is 12.1 Å². The maximum atomic E-state index is 12.9. The second kappa shape index (κ2) is 6.23. The van der Waals surface area contributed by atoms with Gasteiger partial charge in [0, 0.05) is 12.6 Å². The molecule has 0 aliphatic heterocycles. The Bertz CT molecular complexity index is 427. The van der Waals surface area contributed by atoms with Crippen molar-refractivity contribution in [3.05, 3.63) is 35.6 Å². The SMILES string of the molecule is OCC1CCCC1CNC1CC(c2ccc(F)cc2)C1. The van der Waals surface area contributed by atoms with Gasteiger partial charge in [-0.3, -0.25) is 0 Å². The van der Waals surface area contributed by atoms with Crippen LogP contribution in [0.15, 0.2) is 24.3 Å². The van der Waals surface area contributed by atoms with Crippen LogP contribution in [0.1, 0.15) is 43.6 Å². The van der Waals surface area contributed by atoms with Crippen LogP contribution in [0.3, 0.4) is 0 Å². The van der Waals surface area contributed by atoms with Gasteiger partial charge in [0.2, 0.25) is 0 Å². The molecule has 0 saturated heterocycles. The van der Waals surface area contributed by atoms with Gasteiger partial charge in [-0.2, -0.15) is 0 Å². The zero-order chi connectivity index (χ0) is 13.9. The quantitative estimate of drug-likeness (QED) is 0.867. The van der Waals surface area contributed by atoms with Crippen LogP contribution in [-0.4, -0.2) is 24.3 Å². The third-order valence-corrected chi connectivity index (χ3v) is 5.20. The number of nitrogens with one attached hydrogen (secondary N) is 1. The molecule has 3 rings (SSSR count). The Labute approximate surface area is 120 Å². The largest absolute Gasteiger partial charge is 0.396 e. The number of aliphatic hydroxyl groups is 1. The predicted octanol–water partition coefficient (Wildman–Crippen LogP) is 3.07. The van der Waals surface area contributed by atoms with Crippen LogP contribution in [0.4, 0.5) is 4.39 Å². The summed E-state index contributed by atoms with van der Waals surface area (Å²) < 4.78 is 12.9. The summed E-state index contributed by atoms with van der Waals surface area (Å²) in [6.07, 6.45) is 6.02. The summed E-state index contributed by atoms with van der Waals surface area (Å²) in [7, 11) is 0. The Morgan fingerprint density at radius 2 is 1.80 bits per heavy atom. The van der Waals surface area contributed by atoms with E-state index in [9.17, 15) is 9.50 Å². The van der Waals surface area contributed by atoms with Gasteiger partial charge in [-0.15, -0.1) is 0 Å². The molecule has 3 heteroatoms. The highest BCUT2D eigenvalue weighted by Crippen LogP contribution is 2.37. The van der Waals surface area contributed by atoms with Crippen molar-refractivity contribution in [2.45, 2.75) is 44.1 Å². The molecule has 2 N–H and O–H groups in total. The van der Waals surface area contributed by atoms with Gasteiger partial charge in [0.1, 0.15) is 5.82 Å². The molecule has 0 radical (unpaired) electrons. The minimum Gasteiger partial charge on any atom is -0.396 e. The molecule has 0 bridgehead atoms. The lowest BCUT2D eigenvalue weighted by Crippen LogP contribution is -2.42. The van der Waals surface area contributed by atoms with E-state index in [0.29, 0.717) is 30.4 Å². The number of halogens is 1. The van der Waals surface area contributed by atoms with Gasteiger partial charge in [-0.05, 0) is 67.7 Å². The molecule has 20 heavy (non-hydrogen) atoms. The van der Waals surface area contributed by atoms with E-state index >= 15 is 0 Å². The lowest BCUT2D eigenvalue weighted by molar-refractivity contribution is 0.182. The number of hydrogen-bond acceptors (Lipinski definition) is 2. The third-order valence-electron chi connectivity index (χ3n) is 5.20. The highest BCUT2D eigenvalue weighted by atomic mass is 19.1. The highest BCUT2D eigenvalue weighted by molar-refractivity contribution is 5.23. The molecule has 0 aromatic heterocycles. The molecule has 2 fully saturated rings. The van der Waals surface area contributed by atoms with E-state index in [1.807, 2.05) is 12.1 Å². The average Bonchev–Trinajstić information content (AvgIpc) is 2.86. The smallest absolute Gasteiger partial charge is 0.123 e. The molecule has 110 valence electrons. The van der Waals surface area contributed by atoms with E-state index < -0.39 is 0 Å². The van der Waals surface area contributed by atoms with Crippen LogP contribution in [0.5, 0.6) is 0 Å². The van der Waals surface area contributed by atoms with Crippen molar-refractivity contribution >= 4 is 0 Å². The number of hydrogen-bond donors (Lipinski definition) is 2. The van der Waals surface area contributed by atoms with E-state index in [4.69, 9.17) is 0 Å². The minimum absolute atomic E-state index is 0.154. The van der Waals surface area contributed by atoms with Crippen molar-refractivity contribution in [2.75, 3.05) is 13.2 Å². The Morgan fingerprint density at radius 1 is 1.10 bits per heavy atom. The average molecular weight is 277 g/mol. The van der Waals surface area contributed by atoms with Crippen LogP contribution in [-0.2, 0) is 0 Å². The maximum Gasteiger partial charge on any atom is 0.123 e. The molecular weight excluding hydrogens is 253 g/mol. The fourth-order valence-electron chi connectivity index (χ4n) is 3.73. The first kappa shape index (κ1) is 14.0. The molecule has 2 atom stereocenters. The van der Waals surface area contributed by atoms with Crippen molar-refractivity contribution in [1.82, 2.24) is 5.32 Å². The Hall–Kier alpha value is -0.930. The topological polar surface area (TPSA) is 32.3 Å². The van der Waals surface area contributed by atoms with Crippen molar-refractivity contribution < 1.29 is 9.50 Å². The second-order valence-corrected chi connectivity index (χ2v) is 6.46. The van der Waals surface area contributed by atoms with Crippen LogP contribution >= 0.6 is 0 Å². The highest BCUT2D eigenvalue weighted by Gasteiger charge is 2.32. The fourth-order valence-corrected chi connectivity index (χ4v) is 3.73. The summed E-state index contributed by atoms with van der Waals surface area (Å²) in [5.74, 6) is 1.60. The number of aliphatic hydroxyl groups excluding tert-OH is 1. The minimum atomic E-state index is -0.154. The Morgan fingerprint density at radius 3 is 2.50 bits per heavy atom. The van der Waals surface area contributed by atoms with Gasteiger partial charge in [0.15, 0.2) is 0 Å². The molecule has 2 saturated carbocycles. The molecule has 1 aromatic carbocycles. The van der Waals surface area contributed by atoms with Gasteiger partial charge in [-0.1, -0.05) is 18.6 Å². The summed E-state index contributed by atoms with van der Waals surface area (Å²) in [5, 5.41) is 13.0. The zero-order valence-corrected chi connectivity index (χ0v) is 11.9. The first-order valence-electron chi connectivity index (χ1n) is 7.86. The monoisotopic (exact) mass is 277 g/mol. The summed E-state index contributed by atoms with van der Waals surface area (Å²) >= 11 is 0. The van der Waals surface area contributed by atoms with Crippen LogP contribution in [0.25, 0.3) is 0 Å². The molecule has 0 heterocycles. The summed E-state index contributed by atoms with van der Waals surface area (Å²) in [6, 6.07) is 7.54. The molecule has 2 nitrogen and oxygen atoms in total. The van der Waals surface area contributed by atoms with Crippen LogP contribution in [0, 0.1) is 17.7 Å². The molecule has 0 amide bonds. The standard InChI is InChI=1S/C17H24FNO/c18-16-6-4-12(5-7-16)15-8-17(9-15)19-10-13-2-1-3-14(13)11-20/h4-7,13-15,17,19-20H,1-3,8-11H2. The maximum absolute atomic E-state index is 12.9. The molecule has 2 aliphatic rings. The summed E-state index contributed by atoms with van der Waals surface area (Å²) in [5.41, 5.74) is 1.26. The van der Waals surface area contributed by atoms with E-state index in [0.717, 1.165) is 19.4 Å². The first-order chi connectivity index (χ1) is 9.76. The van der Waals surface area contributed by atoms with Gasteiger partial charge < -0.3 is 10.4 Å². The number of benzene rings is 1. The molecular formula is C17H24FNO. The Balaban J connectivity index is 1.41. The van der Waals surface area contributed by atoms with Gasteiger partial charge in [0.25, 0.3) is 0 Å². The van der Waals surface area contributed by atoms with Crippen molar-refractivity contribution in [2.24, 2.45) is 11.8 Å². The van der Waals surface area contributed by atoms with Gasteiger partial charge in [-0.25, -0.2) is 4.39 Å². The summed E-state index contributed by atoms with van der Waals surface area (Å²) in [6.45, 7) is 1.39. The lowest BCUT2D eigenvalue weighted by Gasteiger charge is -2.37. The van der Waals surface area contributed by atoms with Crippen LogP contribution in [0.2, 0.25) is 0 Å². The van der Waals surface area contributed by atoms with E-state index in [-0.39, 0.29) is 5.82 Å². The van der Waals surface area contributed by atoms with Crippen molar-refractivity contribution in [1.29, 1.82) is 0 Å². The molecule has 2 aliphatic carbocycles. The van der Waals surface area contributed by atoms with E-state index in [1.165, 1.54) is 24.8 Å². The van der Waals surface area contributed by atoms with E-state index in [2.05, 4.69) is 5.32 Å². The predicted molar refractivity (Wildman–Crippen MR) is 78.1 cm³/mol. The molecule has 2 unspecified atom stereocenters. The second-order valence-electron chi connectivity index (χ2n) is 6.46. The number of rotatable bonds is 5.